The van der Waals surface area contributed by atoms with Crippen LogP contribution in [0.1, 0.15) is 12.8 Å². The van der Waals surface area contributed by atoms with E-state index >= 15 is 0 Å². The van der Waals surface area contributed by atoms with Gasteiger partial charge >= 0.3 is 12.2 Å². The number of carbonyl (C=O) groups is 3. The van der Waals surface area contributed by atoms with Crippen LogP contribution in [0.5, 0.6) is 0 Å². The van der Waals surface area contributed by atoms with Crippen molar-refractivity contribution in [3.05, 3.63) is 23.8 Å². The Balaban J connectivity index is 1.27. The van der Waals surface area contributed by atoms with Crippen LogP contribution in [0.3, 0.4) is 0 Å². The van der Waals surface area contributed by atoms with Crippen molar-refractivity contribution < 1.29 is 32.6 Å². The molecule has 9 nitrogen and oxygen atoms in total. The van der Waals surface area contributed by atoms with Crippen molar-refractivity contribution in [3.8, 4) is 0 Å². The van der Waals surface area contributed by atoms with Crippen LogP contribution in [0.2, 0.25) is 0 Å². The van der Waals surface area contributed by atoms with Gasteiger partial charge in [0.15, 0.2) is 11.6 Å². The zero-order chi connectivity index (χ0) is 21.0. The highest BCUT2D eigenvalue weighted by Gasteiger charge is 2.43. The summed E-state index contributed by atoms with van der Waals surface area (Å²) >= 11 is 0. The Morgan fingerprint density at radius 2 is 1.87 bits per heavy atom. The minimum absolute atomic E-state index is 0.0396. The summed E-state index contributed by atoms with van der Waals surface area (Å²) in [5.41, 5.74) is -0.189. The van der Waals surface area contributed by atoms with Crippen molar-refractivity contribution in [2.24, 2.45) is 5.92 Å². The first kappa shape index (κ1) is 18.9. The summed E-state index contributed by atoms with van der Waals surface area (Å²) in [7, 11) is 0. The minimum Gasteiger partial charge on any atom is -0.442 e. The van der Waals surface area contributed by atoms with Gasteiger partial charge in [-0.15, -0.1) is 0 Å². The van der Waals surface area contributed by atoms with Crippen molar-refractivity contribution in [1.29, 1.82) is 0 Å². The number of nitrogens with zero attached hydrogens (tertiary/aromatic N) is 2. The quantitative estimate of drug-likeness (QED) is 0.738. The normalized spacial score (nSPS) is 27.6. The van der Waals surface area contributed by atoms with E-state index in [1.54, 1.807) is 0 Å². The minimum atomic E-state index is -0.824. The fraction of sp³-hybridized carbons (Fsp3) is 0.526. The van der Waals surface area contributed by atoms with Crippen LogP contribution in [0, 0.1) is 17.6 Å². The van der Waals surface area contributed by atoms with E-state index in [0.29, 0.717) is 0 Å². The molecule has 0 aromatic heterocycles. The number of amides is 3. The van der Waals surface area contributed by atoms with E-state index in [4.69, 9.17) is 9.47 Å². The Labute approximate surface area is 170 Å². The molecule has 3 atom stereocenters. The van der Waals surface area contributed by atoms with E-state index in [9.17, 15) is 23.2 Å². The smallest absolute Gasteiger partial charge is 0.414 e. The van der Waals surface area contributed by atoms with Crippen LogP contribution in [0.4, 0.5) is 29.7 Å². The fourth-order valence-corrected chi connectivity index (χ4v) is 4.09. The Kier molecular flexibility index (Phi) is 4.40. The molecule has 3 saturated heterocycles. The molecule has 30 heavy (non-hydrogen) atoms. The molecule has 4 fully saturated rings. The summed E-state index contributed by atoms with van der Waals surface area (Å²) in [5, 5.41) is 5.34. The molecular formula is C19H20F2N4O5. The third-order valence-electron chi connectivity index (χ3n) is 5.78. The average molecular weight is 422 g/mol. The summed E-state index contributed by atoms with van der Waals surface area (Å²) in [6, 6.07) is 1.84. The van der Waals surface area contributed by atoms with Crippen LogP contribution in [0.15, 0.2) is 12.1 Å². The van der Waals surface area contributed by atoms with Gasteiger partial charge in [-0.2, -0.15) is 0 Å². The number of anilines is 2. The molecule has 0 spiro atoms. The summed E-state index contributed by atoms with van der Waals surface area (Å²) in [6.07, 6.45) is -0.578. The number of nitrogens with one attached hydrogen (secondary N) is 2. The Bertz CT molecular complexity index is 885. The summed E-state index contributed by atoms with van der Waals surface area (Å²) in [6.45, 7) is 0.627. The monoisotopic (exact) mass is 422 g/mol. The van der Waals surface area contributed by atoms with E-state index in [1.807, 2.05) is 0 Å². The van der Waals surface area contributed by atoms with Gasteiger partial charge in [-0.1, -0.05) is 0 Å². The molecule has 5 rings (SSSR count). The lowest BCUT2D eigenvalue weighted by atomic mass is 10.2. The molecule has 3 heterocycles. The molecule has 1 saturated carbocycles. The SMILES string of the molecule is O=C1N[C@@H]2CN(c3c(F)cc(N4C[C@H](CNC(=O)C5CC5)OC4=O)cc3F)C[C@@H]2O1. The lowest BCUT2D eigenvalue weighted by Crippen LogP contribution is -2.35. The van der Waals surface area contributed by atoms with Crippen molar-refractivity contribution in [1.82, 2.24) is 10.6 Å². The topological polar surface area (TPSA) is 100 Å². The number of benzene rings is 1. The second-order valence-electron chi connectivity index (χ2n) is 7.99. The first-order chi connectivity index (χ1) is 14.4. The largest absolute Gasteiger partial charge is 0.442 e. The third kappa shape index (κ3) is 3.37. The molecule has 11 heteroatoms. The van der Waals surface area contributed by atoms with Gasteiger partial charge in [-0.25, -0.2) is 18.4 Å². The van der Waals surface area contributed by atoms with Crippen molar-refractivity contribution in [3.63, 3.8) is 0 Å². The number of cyclic esters (lactones) is 1. The van der Waals surface area contributed by atoms with Gasteiger partial charge in [0.1, 0.15) is 17.9 Å². The molecular weight excluding hydrogens is 402 g/mol. The molecule has 0 bridgehead atoms. The third-order valence-corrected chi connectivity index (χ3v) is 5.78. The summed E-state index contributed by atoms with van der Waals surface area (Å²) < 4.78 is 39.9. The Morgan fingerprint density at radius 1 is 1.13 bits per heavy atom. The number of alkyl carbamates (subject to hydrolysis) is 1. The Morgan fingerprint density at radius 3 is 2.53 bits per heavy atom. The number of ether oxygens (including phenoxy) is 2. The molecule has 0 unspecified atom stereocenters. The molecule has 0 radical (unpaired) electrons. The second kappa shape index (κ2) is 6.99. The van der Waals surface area contributed by atoms with Gasteiger partial charge in [0.25, 0.3) is 0 Å². The van der Waals surface area contributed by atoms with Crippen molar-refractivity contribution in [2.75, 3.05) is 36.0 Å². The molecule has 3 amide bonds. The number of halogens is 2. The number of fused-ring (bicyclic) bond motifs is 1. The number of rotatable bonds is 5. The highest BCUT2D eigenvalue weighted by Crippen LogP contribution is 2.34. The van der Waals surface area contributed by atoms with E-state index in [1.165, 1.54) is 4.90 Å². The van der Waals surface area contributed by atoms with Crippen LogP contribution in [-0.4, -0.2) is 62.5 Å². The maximum Gasteiger partial charge on any atom is 0.414 e. The maximum atomic E-state index is 14.8. The predicted octanol–water partition coefficient (Wildman–Crippen LogP) is 1.11. The zero-order valence-corrected chi connectivity index (χ0v) is 15.9. The van der Waals surface area contributed by atoms with E-state index in [2.05, 4.69) is 10.6 Å². The first-order valence-electron chi connectivity index (χ1n) is 9.86. The average Bonchev–Trinajstić information content (AvgIpc) is 3.25. The van der Waals surface area contributed by atoms with Gasteiger partial charge in [-0.05, 0) is 12.8 Å². The predicted molar refractivity (Wildman–Crippen MR) is 99.1 cm³/mol. The summed E-state index contributed by atoms with van der Waals surface area (Å²) in [4.78, 5) is 37.8. The second-order valence-corrected chi connectivity index (χ2v) is 7.99. The van der Waals surface area contributed by atoms with E-state index in [0.717, 1.165) is 29.9 Å². The van der Waals surface area contributed by atoms with Gasteiger partial charge < -0.3 is 25.0 Å². The van der Waals surface area contributed by atoms with Gasteiger partial charge in [0.05, 0.1) is 31.4 Å². The first-order valence-corrected chi connectivity index (χ1v) is 9.86. The van der Waals surface area contributed by atoms with Crippen LogP contribution in [0.25, 0.3) is 0 Å². The molecule has 3 aliphatic heterocycles. The molecule has 1 aliphatic carbocycles. The van der Waals surface area contributed by atoms with Gasteiger partial charge in [0, 0.05) is 24.6 Å². The lowest BCUT2D eigenvalue weighted by Gasteiger charge is -2.22. The van der Waals surface area contributed by atoms with Gasteiger partial charge in [0.2, 0.25) is 5.91 Å². The zero-order valence-electron chi connectivity index (χ0n) is 15.9. The van der Waals surface area contributed by atoms with Crippen molar-refractivity contribution >= 4 is 29.5 Å². The van der Waals surface area contributed by atoms with Crippen molar-refractivity contribution in [2.45, 2.75) is 31.1 Å². The molecule has 2 N–H and O–H groups in total. The highest BCUT2D eigenvalue weighted by molar-refractivity contribution is 5.90. The standard InChI is InChI=1S/C19H20F2N4O5/c20-12-3-10(25-6-11(29-19(25)28)5-22-17(26)9-1-2-9)4-13(21)16(12)24-7-14-15(8-24)30-18(27)23-14/h3-4,9,11,14-15H,1-2,5-8H2,(H,22,26)(H,23,27)/t11-,14+,15-/m0/s1. The lowest BCUT2D eigenvalue weighted by molar-refractivity contribution is -0.122. The van der Waals surface area contributed by atoms with E-state index < -0.39 is 36.0 Å². The molecule has 160 valence electrons. The maximum absolute atomic E-state index is 14.8. The molecule has 1 aromatic carbocycles. The molecule has 4 aliphatic rings. The van der Waals surface area contributed by atoms with Crippen LogP contribution in [-0.2, 0) is 14.3 Å². The van der Waals surface area contributed by atoms with E-state index in [-0.39, 0.29) is 55.4 Å². The summed E-state index contributed by atoms with van der Waals surface area (Å²) in [5.74, 6) is -1.68. The number of carbonyl (C=O) groups excluding carboxylic acids is 3. The van der Waals surface area contributed by atoms with Gasteiger partial charge in [-0.3, -0.25) is 9.69 Å². The number of hydrogen-bond acceptors (Lipinski definition) is 6. The van der Waals surface area contributed by atoms with Crippen LogP contribution < -0.4 is 20.4 Å². The molecule has 1 aromatic rings. The Hall–Kier alpha value is -3.11. The van der Waals surface area contributed by atoms with Crippen LogP contribution >= 0.6 is 0 Å². The number of hydrogen-bond donors (Lipinski definition) is 2. The highest BCUT2D eigenvalue weighted by atomic mass is 19.1. The fourth-order valence-electron chi connectivity index (χ4n) is 4.09.